The zero-order valence-corrected chi connectivity index (χ0v) is 12.6. The van der Waals surface area contributed by atoms with Crippen LogP contribution in [0.15, 0.2) is 29.6 Å². The van der Waals surface area contributed by atoms with Gasteiger partial charge < -0.3 is 10.0 Å². The first-order chi connectivity index (χ1) is 10.1. The Hall–Kier alpha value is -1.88. The Morgan fingerprint density at radius 2 is 2.10 bits per heavy atom. The summed E-state index contributed by atoms with van der Waals surface area (Å²) in [5.41, 5.74) is 0.733. The zero-order valence-electron chi connectivity index (χ0n) is 11.8. The molecule has 1 aromatic carbocycles. The van der Waals surface area contributed by atoms with Gasteiger partial charge in [-0.15, -0.1) is 11.3 Å². The summed E-state index contributed by atoms with van der Waals surface area (Å²) in [6.07, 6.45) is 0.532. The Morgan fingerprint density at radius 3 is 2.81 bits per heavy atom. The van der Waals surface area contributed by atoms with Crippen molar-refractivity contribution in [3.63, 3.8) is 0 Å². The molecule has 110 valence electrons. The van der Waals surface area contributed by atoms with Crippen molar-refractivity contribution in [3.05, 3.63) is 35.2 Å². The normalized spacial score (nSPS) is 22.4. The minimum Gasteiger partial charge on any atom is -0.481 e. The van der Waals surface area contributed by atoms with Gasteiger partial charge in [0.15, 0.2) is 0 Å². The van der Waals surface area contributed by atoms with Gasteiger partial charge in [-0.3, -0.25) is 9.59 Å². The van der Waals surface area contributed by atoms with Crippen LogP contribution in [0.2, 0.25) is 0 Å². The van der Waals surface area contributed by atoms with E-state index in [1.807, 2.05) is 36.6 Å². The van der Waals surface area contributed by atoms with Crippen LogP contribution in [0.1, 0.15) is 23.7 Å². The fraction of sp³-hybridized carbons (Fsp3) is 0.375. The van der Waals surface area contributed by atoms with E-state index in [0.29, 0.717) is 19.5 Å². The fourth-order valence-electron chi connectivity index (χ4n) is 3.01. The second-order valence-corrected chi connectivity index (χ2v) is 6.52. The number of likely N-dealkylation sites (tertiary alicyclic amines) is 1. The van der Waals surface area contributed by atoms with E-state index in [1.54, 1.807) is 16.2 Å². The quantitative estimate of drug-likeness (QED) is 0.927. The third-order valence-electron chi connectivity index (χ3n) is 4.22. The maximum absolute atomic E-state index is 12.7. The van der Waals surface area contributed by atoms with Gasteiger partial charge >= 0.3 is 5.97 Å². The molecule has 1 fully saturated rings. The fourth-order valence-corrected chi connectivity index (χ4v) is 3.95. The number of fused-ring (bicyclic) bond motifs is 1. The van der Waals surface area contributed by atoms with E-state index in [-0.39, 0.29) is 17.7 Å². The number of hydrogen-bond acceptors (Lipinski definition) is 3. The molecule has 1 saturated heterocycles. The predicted octanol–water partition coefficient (Wildman–Crippen LogP) is 3.08. The number of hydrogen-bond donors (Lipinski definition) is 1. The highest BCUT2D eigenvalue weighted by molar-refractivity contribution is 7.17. The van der Waals surface area contributed by atoms with Crippen molar-refractivity contribution in [2.24, 2.45) is 11.8 Å². The van der Waals surface area contributed by atoms with Crippen LogP contribution < -0.4 is 0 Å². The number of carboxylic acid groups (broad SMARTS) is 1. The summed E-state index contributed by atoms with van der Waals surface area (Å²) in [5.74, 6) is -1.09. The maximum atomic E-state index is 12.7. The summed E-state index contributed by atoms with van der Waals surface area (Å²) in [6.45, 7) is 2.94. The van der Waals surface area contributed by atoms with Gasteiger partial charge in [0.2, 0.25) is 0 Å². The van der Waals surface area contributed by atoms with Gasteiger partial charge in [0.1, 0.15) is 0 Å². The highest BCUT2D eigenvalue weighted by Gasteiger charge is 2.33. The molecule has 2 heterocycles. The smallest absolute Gasteiger partial charge is 0.306 e. The number of aliphatic carboxylic acids is 1. The number of rotatable bonds is 2. The Bertz CT molecular complexity index is 694. The maximum Gasteiger partial charge on any atom is 0.306 e. The molecule has 1 N–H and O–H groups in total. The molecule has 2 unspecified atom stereocenters. The van der Waals surface area contributed by atoms with Crippen molar-refractivity contribution < 1.29 is 14.7 Å². The van der Waals surface area contributed by atoms with Crippen molar-refractivity contribution in [3.8, 4) is 0 Å². The summed E-state index contributed by atoms with van der Waals surface area (Å²) < 4.78 is 1.11. The molecule has 5 heteroatoms. The number of carboxylic acids is 1. The summed E-state index contributed by atoms with van der Waals surface area (Å²) in [4.78, 5) is 25.6. The van der Waals surface area contributed by atoms with E-state index in [0.717, 1.165) is 15.6 Å². The molecule has 0 saturated carbocycles. The summed E-state index contributed by atoms with van der Waals surface area (Å²) >= 11 is 1.57. The molecule has 1 aliphatic rings. The lowest BCUT2D eigenvalue weighted by atomic mass is 9.87. The molecule has 21 heavy (non-hydrogen) atoms. The molecule has 2 aromatic rings. The third kappa shape index (κ3) is 2.53. The molecule has 1 aromatic heterocycles. The van der Waals surface area contributed by atoms with Crippen LogP contribution in [0, 0.1) is 11.8 Å². The summed E-state index contributed by atoms with van der Waals surface area (Å²) in [6, 6.07) is 7.88. The molecule has 3 rings (SSSR count). The molecule has 1 aliphatic heterocycles. The SMILES string of the molecule is CC1CN(C(=O)c2csc3ccccc23)CCC1C(=O)O. The van der Waals surface area contributed by atoms with Gasteiger partial charge in [-0.05, 0) is 18.4 Å². The van der Waals surface area contributed by atoms with Gasteiger partial charge in [-0.1, -0.05) is 25.1 Å². The highest BCUT2D eigenvalue weighted by Crippen LogP contribution is 2.29. The first-order valence-electron chi connectivity index (χ1n) is 7.06. The highest BCUT2D eigenvalue weighted by atomic mass is 32.1. The molecular formula is C16H17NO3S. The molecule has 0 spiro atoms. The first-order valence-corrected chi connectivity index (χ1v) is 7.94. The number of piperidine rings is 1. The van der Waals surface area contributed by atoms with Crippen LogP contribution in [0.25, 0.3) is 10.1 Å². The number of amides is 1. The van der Waals surface area contributed by atoms with E-state index in [4.69, 9.17) is 5.11 Å². The Morgan fingerprint density at radius 1 is 1.33 bits per heavy atom. The minimum absolute atomic E-state index is 0.00917. The van der Waals surface area contributed by atoms with Crippen LogP contribution in [0.3, 0.4) is 0 Å². The number of nitrogens with zero attached hydrogens (tertiary/aromatic N) is 1. The number of benzene rings is 1. The van der Waals surface area contributed by atoms with E-state index in [1.165, 1.54) is 0 Å². The lowest BCUT2D eigenvalue weighted by Crippen LogP contribution is -2.44. The van der Waals surface area contributed by atoms with Crippen molar-refractivity contribution in [1.82, 2.24) is 4.90 Å². The van der Waals surface area contributed by atoms with E-state index >= 15 is 0 Å². The molecule has 2 atom stereocenters. The third-order valence-corrected chi connectivity index (χ3v) is 5.18. The molecular weight excluding hydrogens is 286 g/mol. The van der Waals surface area contributed by atoms with Crippen molar-refractivity contribution >= 4 is 33.3 Å². The monoisotopic (exact) mass is 303 g/mol. The van der Waals surface area contributed by atoms with E-state index < -0.39 is 5.97 Å². The van der Waals surface area contributed by atoms with Gasteiger partial charge in [0.05, 0.1) is 11.5 Å². The van der Waals surface area contributed by atoms with E-state index in [9.17, 15) is 9.59 Å². The Kier molecular flexibility index (Phi) is 3.68. The molecule has 0 radical (unpaired) electrons. The first kappa shape index (κ1) is 14.1. The second-order valence-electron chi connectivity index (χ2n) is 5.61. The molecule has 4 nitrogen and oxygen atoms in total. The second kappa shape index (κ2) is 5.48. The van der Waals surface area contributed by atoms with Gasteiger partial charge in [0, 0.05) is 28.6 Å². The molecule has 0 aliphatic carbocycles. The van der Waals surface area contributed by atoms with Crippen LogP contribution in [-0.2, 0) is 4.79 Å². The minimum atomic E-state index is -0.754. The average molecular weight is 303 g/mol. The van der Waals surface area contributed by atoms with Crippen LogP contribution in [0.4, 0.5) is 0 Å². The van der Waals surface area contributed by atoms with Gasteiger partial charge in [0.25, 0.3) is 5.91 Å². The zero-order chi connectivity index (χ0) is 15.0. The van der Waals surface area contributed by atoms with Crippen LogP contribution in [-0.4, -0.2) is 35.0 Å². The predicted molar refractivity (Wildman–Crippen MR) is 82.6 cm³/mol. The lowest BCUT2D eigenvalue weighted by molar-refractivity contribution is -0.145. The lowest BCUT2D eigenvalue weighted by Gasteiger charge is -2.34. The van der Waals surface area contributed by atoms with E-state index in [2.05, 4.69) is 0 Å². The average Bonchev–Trinajstić information content (AvgIpc) is 2.90. The number of carbonyl (C=O) groups excluding carboxylic acids is 1. The van der Waals surface area contributed by atoms with Gasteiger partial charge in [-0.2, -0.15) is 0 Å². The standard InChI is InChI=1S/C16H17NO3S/c1-10-8-17(7-6-11(10)16(19)20)15(18)13-9-21-14-5-3-2-4-12(13)14/h2-5,9-11H,6-8H2,1H3,(H,19,20). The summed E-state index contributed by atoms with van der Waals surface area (Å²) in [5, 5.41) is 12.0. The van der Waals surface area contributed by atoms with Crippen LogP contribution >= 0.6 is 11.3 Å². The largest absolute Gasteiger partial charge is 0.481 e. The summed E-state index contributed by atoms with van der Waals surface area (Å²) in [7, 11) is 0. The van der Waals surface area contributed by atoms with Gasteiger partial charge in [-0.25, -0.2) is 0 Å². The van der Waals surface area contributed by atoms with Crippen molar-refractivity contribution in [1.29, 1.82) is 0 Å². The van der Waals surface area contributed by atoms with Crippen LogP contribution in [0.5, 0.6) is 0 Å². The van der Waals surface area contributed by atoms with Crippen molar-refractivity contribution in [2.45, 2.75) is 13.3 Å². The molecule has 0 bridgehead atoms. The number of thiophene rings is 1. The topological polar surface area (TPSA) is 57.6 Å². The number of carbonyl (C=O) groups is 2. The molecule has 1 amide bonds. The van der Waals surface area contributed by atoms with Crippen molar-refractivity contribution in [2.75, 3.05) is 13.1 Å². The Labute approximate surface area is 127 Å². The Balaban J connectivity index is 1.82.